The van der Waals surface area contributed by atoms with Crippen molar-refractivity contribution in [3.05, 3.63) is 87.7 Å². The minimum atomic E-state index is 0.493. The first-order valence-electron chi connectivity index (χ1n) is 9.81. The van der Waals surface area contributed by atoms with E-state index in [1.54, 1.807) is 7.11 Å². The van der Waals surface area contributed by atoms with Crippen molar-refractivity contribution in [3.8, 4) is 11.5 Å². The van der Waals surface area contributed by atoms with Gasteiger partial charge in [-0.3, -0.25) is 0 Å². The number of aromatic nitrogens is 2. The van der Waals surface area contributed by atoms with Gasteiger partial charge in [0.15, 0.2) is 11.5 Å². The molecule has 5 nitrogen and oxygen atoms in total. The summed E-state index contributed by atoms with van der Waals surface area (Å²) in [6, 6.07) is 20.3. The summed E-state index contributed by atoms with van der Waals surface area (Å²) in [6.07, 6.45) is 0. The van der Waals surface area contributed by atoms with Crippen molar-refractivity contribution in [2.75, 3.05) is 7.11 Å². The van der Waals surface area contributed by atoms with Crippen molar-refractivity contribution in [1.82, 2.24) is 15.3 Å². The standard InChI is InChI=1S/C24H24BrN3O2/c1-16-7-9-17(10-8-16)15-30-23-12-19(25)18(11-22(23)29-2)13-26-14-24-27-20-5-3-4-6-21(20)28-24/h3-12,26H,13-15H2,1-2H3,(H,27,28). The van der Waals surface area contributed by atoms with Gasteiger partial charge in [-0.15, -0.1) is 0 Å². The van der Waals surface area contributed by atoms with Crippen LogP contribution in [0.3, 0.4) is 0 Å². The fourth-order valence-corrected chi connectivity index (χ4v) is 3.70. The van der Waals surface area contributed by atoms with Crippen molar-refractivity contribution in [3.63, 3.8) is 0 Å². The van der Waals surface area contributed by atoms with E-state index in [0.717, 1.165) is 32.5 Å². The normalized spacial score (nSPS) is 11.0. The number of nitrogens with one attached hydrogen (secondary N) is 2. The van der Waals surface area contributed by atoms with Crippen LogP contribution in [0.25, 0.3) is 11.0 Å². The highest BCUT2D eigenvalue weighted by molar-refractivity contribution is 9.10. The van der Waals surface area contributed by atoms with Gasteiger partial charge in [0.2, 0.25) is 0 Å². The van der Waals surface area contributed by atoms with E-state index >= 15 is 0 Å². The van der Waals surface area contributed by atoms with Gasteiger partial charge in [-0.1, -0.05) is 57.9 Å². The Morgan fingerprint density at radius 2 is 1.80 bits per heavy atom. The number of aryl methyl sites for hydroxylation is 1. The molecule has 4 aromatic rings. The number of halogens is 1. The molecule has 1 heterocycles. The van der Waals surface area contributed by atoms with Gasteiger partial charge in [-0.05, 0) is 42.3 Å². The highest BCUT2D eigenvalue weighted by Gasteiger charge is 2.11. The van der Waals surface area contributed by atoms with E-state index in [2.05, 4.69) is 62.4 Å². The summed E-state index contributed by atoms with van der Waals surface area (Å²) in [5, 5.41) is 3.43. The summed E-state index contributed by atoms with van der Waals surface area (Å²) in [5.74, 6) is 2.34. The highest BCUT2D eigenvalue weighted by Crippen LogP contribution is 2.34. The molecule has 30 heavy (non-hydrogen) atoms. The molecule has 2 N–H and O–H groups in total. The molecule has 0 atom stereocenters. The van der Waals surface area contributed by atoms with Crippen LogP contribution in [-0.2, 0) is 19.7 Å². The zero-order valence-electron chi connectivity index (χ0n) is 17.0. The fourth-order valence-electron chi connectivity index (χ4n) is 3.24. The Morgan fingerprint density at radius 3 is 2.57 bits per heavy atom. The maximum Gasteiger partial charge on any atom is 0.162 e. The summed E-state index contributed by atoms with van der Waals surface area (Å²) in [5.41, 5.74) is 5.47. The van der Waals surface area contributed by atoms with E-state index in [4.69, 9.17) is 9.47 Å². The van der Waals surface area contributed by atoms with E-state index < -0.39 is 0 Å². The number of H-pyrrole nitrogens is 1. The first kappa shape index (κ1) is 20.4. The van der Waals surface area contributed by atoms with Gasteiger partial charge < -0.3 is 19.8 Å². The van der Waals surface area contributed by atoms with Gasteiger partial charge in [0, 0.05) is 11.0 Å². The lowest BCUT2D eigenvalue weighted by Gasteiger charge is -2.14. The molecule has 0 aliphatic heterocycles. The molecule has 0 saturated heterocycles. The number of rotatable bonds is 8. The third kappa shape index (κ3) is 4.83. The van der Waals surface area contributed by atoms with Crippen LogP contribution in [0.1, 0.15) is 22.5 Å². The van der Waals surface area contributed by atoms with Crippen LogP contribution in [0.2, 0.25) is 0 Å². The van der Waals surface area contributed by atoms with Crippen molar-refractivity contribution in [2.24, 2.45) is 0 Å². The molecule has 3 aromatic carbocycles. The second-order valence-corrected chi connectivity index (χ2v) is 8.03. The molecular formula is C24H24BrN3O2. The van der Waals surface area contributed by atoms with Gasteiger partial charge in [0.05, 0.1) is 24.7 Å². The van der Waals surface area contributed by atoms with Crippen LogP contribution < -0.4 is 14.8 Å². The topological polar surface area (TPSA) is 59.2 Å². The maximum absolute atomic E-state index is 6.01. The summed E-state index contributed by atoms with van der Waals surface area (Å²) in [4.78, 5) is 7.93. The summed E-state index contributed by atoms with van der Waals surface area (Å²) in [7, 11) is 1.66. The molecule has 6 heteroatoms. The second-order valence-electron chi connectivity index (χ2n) is 7.17. The second kappa shape index (κ2) is 9.32. The van der Waals surface area contributed by atoms with Crippen LogP contribution in [0.15, 0.2) is 65.1 Å². The van der Waals surface area contributed by atoms with Gasteiger partial charge in [-0.2, -0.15) is 0 Å². The fraction of sp³-hybridized carbons (Fsp3) is 0.208. The van der Waals surface area contributed by atoms with Crippen LogP contribution in [0, 0.1) is 6.92 Å². The first-order chi connectivity index (χ1) is 14.6. The largest absolute Gasteiger partial charge is 0.493 e. The van der Waals surface area contributed by atoms with E-state index in [9.17, 15) is 0 Å². The molecule has 0 unspecified atom stereocenters. The smallest absolute Gasteiger partial charge is 0.162 e. The molecular weight excluding hydrogens is 442 g/mol. The lowest BCUT2D eigenvalue weighted by atomic mass is 10.1. The summed E-state index contributed by atoms with van der Waals surface area (Å²) >= 11 is 3.66. The van der Waals surface area contributed by atoms with E-state index in [0.29, 0.717) is 31.2 Å². The van der Waals surface area contributed by atoms with Crippen LogP contribution >= 0.6 is 15.9 Å². The zero-order chi connectivity index (χ0) is 20.9. The average molecular weight is 466 g/mol. The number of hydrogen-bond donors (Lipinski definition) is 2. The Bertz CT molecular complexity index is 1110. The Morgan fingerprint density at radius 1 is 1.00 bits per heavy atom. The third-order valence-electron chi connectivity index (χ3n) is 4.89. The van der Waals surface area contributed by atoms with Crippen molar-refractivity contribution in [1.29, 1.82) is 0 Å². The molecule has 0 radical (unpaired) electrons. The van der Waals surface area contributed by atoms with Crippen LogP contribution in [-0.4, -0.2) is 17.1 Å². The summed E-state index contributed by atoms with van der Waals surface area (Å²) in [6.45, 7) is 3.89. The van der Waals surface area contributed by atoms with E-state index in [1.807, 2.05) is 36.4 Å². The molecule has 0 amide bonds. The number of imidazole rings is 1. The van der Waals surface area contributed by atoms with Gasteiger partial charge >= 0.3 is 0 Å². The van der Waals surface area contributed by atoms with Crippen molar-refractivity contribution in [2.45, 2.75) is 26.6 Å². The molecule has 0 aliphatic carbocycles. The monoisotopic (exact) mass is 465 g/mol. The SMILES string of the molecule is COc1cc(CNCc2nc3ccccc3[nH]2)c(Br)cc1OCc1ccc(C)cc1. The molecule has 0 bridgehead atoms. The van der Waals surface area contributed by atoms with Crippen LogP contribution in [0.5, 0.6) is 11.5 Å². The number of hydrogen-bond acceptors (Lipinski definition) is 4. The van der Waals surface area contributed by atoms with Gasteiger partial charge in [0.1, 0.15) is 12.4 Å². The Labute approximate surface area is 184 Å². The van der Waals surface area contributed by atoms with Gasteiger partial charge in [0.25, 0.3) is 0 Å². The number of methoxy groups -OCH3 is 1. The number of nitrogens with zero attached hydrogens (tertiary/aromatic N) is 1. The predicted octanol–water partition coefficient (Wildman–Crippen LogP) is 5.51. The Hall–Kier alpha value is -2.83. The number of ether oxygens (including phenoxy) is 2. The van der Waals surface area contributed by atoms with Crippen molar-refractivity contribution >= 4 is 27.0 Å². The molecule has 4 rings (SSSR count). The van der Waals surface area contributed by atoms with Gasteiger partial charge in [-0.25, -0.2) is 4.98 Å². The van der Waals surface area contributed by atoms with Crippen molar-refractivity contribution < 1.29 is 9.47 Å². The Kier molecular flexibility index (Phi) is 6.35. The number of fused-ring (bicyclic) bond motifs is 1. The van der Waals surface area contributed by atoms with E-state index in [-0.39, 0.29) is 0 Å². The highest BCUT2D eigenvalue weighted by atomic mass is 79.9. The van der Waals surface area contributed by atoms with Crippen LogP contribution in [0.4, 0.5) is 0 Å². The molecule has 0 fully saturated rings. The zero-order valence-corrected chi connectivity index (χ0v) is 18.6. The first-order valence-corrected chi connectivity index (χ1v) is 10.6. The number of benzene rings is 3. The molecule has 0 aliphatic rings. The molecule has 1 aromatic heterocycles. The quantitative estimate of drug-likeness (QED) is 0.360. The van der Waals surface area contributed by atoms with E-state index in [1.165, 1.54) is 5.56 Å². The lowest BCUT2D eigenvalue weighted by Crippen LogP contribution is -2.14. The molecule has 154 valence electrons. The Balaban J connectivity index is 1.40. The lowest BCUT2D eigenvalue weighted by molar-refractivity contribution is 0.284. The third-order valence-corrected chi connectivity index (χ3v) is 5.63. The number of aromatic amines is 1. The molecule has 0 spiro atoms. The summed E-state index contributed by atoms with van der Waals surface area (Å²) < 4.78 is 12.5. The minimum Gasteiger partial charge on any atom is -0.493 e. The average Bonchev–Trinajstić information content (AvgIpc) is 3.17. The maximum atomic E-state index is 6.01. The minimum absolute atomic E-state index is 0.493. The molecule has 0 saturated carbocycles. The predicted molar refractivity (Wildman–Crippen MR) is 123 cm³/mol. The number of para-hydroxylation sites is 2.